The largest absolute Gasteiger partial charge is 0.465 e. The van der Waals surface area contributed by atoms with E-state index in [0.717, 1.165) is 14.0 Å². The van der Waals surface area contributed by atoms with Crippen molar-refractivity contribution in [1.29, 1.82) is 0 Å². The van der Waals surface area contributed by atoms with Gasteiger partial charge in [-0.25, -0.2) is 4.79 Å². The summed E-state index contributed by atoms with van der Waals surface area (Å²) in [4.78, 5) is 23.9. The van der Waals surface area contributed by atoms with Gasteiger partial charge in [0.05, 0.1) is 6.04 Å². The average Bonchev–Trinajstić information content (AvgIpc) is 2.33. The van der Waals surface area contributed by atoms with Gasteiger partial charge in [-0.2, -0.15) is 0 Å². The third-order valence-corrected chi connectivity index (χ3v) is 3.71. The SMILES string of the molecule is CC(C)(C)N(C(=O)O)C(C=O)C(N)c1ccc(I)cc1. The van der Waals surface area contributed by atoms with Crippen LogP contribution in [0.15, 0.2) is 24.3 Å². The molecule has 1 rings (SSSR count). The van der Waals surface area contributed by atoms with Crippen LogP contribution in [-0.4, -0.2) is 34.0 Å². The van der Waals surface area contributed by atoms with Crippen molar-refractivity contribution in [3.8, 4) is 0 Å². The number of halogens is 1. The zero-order valence-electron chi connectivity index (χ0n) is 11.7. The Balaban J connectivity index is 3.13. The minimum atomic E-state index is -1.16. The lowest BCUT2D eigenvalue weighted by atomic mass is 9.95. The molecule has 0 aliphatic carbocycles. The number of benzene rings is 1. The third-order valence-electron chi connectivity index (χ3n) is 2.99. The predicted octanol–water partition coefficient (Wildman–Crippen LogP) is 2.64. The van der Waals surface area contributed by atoms with E-state index in [4.69, 9.17) is 5.73 Å². The third kappa shape index (κ3) is 3.92. The molecule has 0 fully saturated rings. The Kier molecular flexibility index (Phi) is 5.52. The Hall–Kier alpha value is -1.15. The van der Waals surface area contributed by atoms with Crippen molar-refractivity contribution in [2.45, 2.75) is 38.4 Å². The van der Waals surface area contributed by atoms with E-state index < -0.39 is 23.7 Å². The molecule has 20 heavy (non-hydrogen) atoms. The van der Waals surface area contributed by atoms with Gasteiger partial charge in [0, 0.05) is 9.11 Å². The molecule has 0 bridgehead atoms. The molecule has 0 saturated carbocycles. The van der Waals surface area contributed by atoms with Crippen molar-refractivity contribution in [3.63, 3.8) is 0 Å². The van der Waals surface area contributed by atoms with E-state index in [1.807, 2.05) is 24.3 Å². The van der Waals surface area contributed by atoms with Gasteiger partial charge in [-0.05, 0) is 61.1 Å². The Bertz CT molecular complexity index is 482. The first kappa shape index (κ1) is 16.9. The van der Waals surface area contributed by atoms with Crippen molar-refractivity contribution in [2.75, 3.05) is 0 Å². The molecular formula is C14H19IN2O3. The van der Waals surface area contributed by atoms with Crippen molar-refractivity contribution in [1.82, 2.24) is 4.90 Å². The fourth-order valence-electron chi connectivity index (χ4n) is 2.05. The first-order chi connectivity index (χ1) is 9.18. The molecule has 3 N–H and O–H groups in total. The van der Waals surface area contributed by atoms with E-state index in [1.54, 1.807) is 20.8 Å². The second-order valence-corrected chi connectivity index (χ2v) is 6.77. The minimum absolute atomic E-state index is 0.599. The number of amides is 1. The number of hydrogen-bond acceptors (Lipinski definition) is 3. The summed E-state index contributed by atoms with van der Waals surface area (Å²) in [6.07, 6.45) is -0.558. The maximum atomic E-state index is 11.4. The highest BCUT2D eigenvalue weighted by atomic mass is 127. The molecule has 6 heteroatoms. The number of rotatable bonds is 4. The molecular weight excluding hydrogens is 371 g/mol. The molecule has 0 saturated heterocycles. The van der Waals surface area contributed by atoms with E-state index in [0.29, 0.717) is 6.29 Å². The molecule has 0 radical (unpaired) electrons. The second kappa shape index (κ2) is 6.53. The summed E-state index contributed by atoms with van der Waals surface area (Å²) in [5, 5.41) is 9.36. The first-order valence-corrected chi connectivity index (χ1v) is 7.25. The number of carbonyl (C=O) groups is 2. The van der Waals surface area contributed by atoms with Gasteiger partial charge < -0.3 is 15.6 Å². The van der Waals surface area contributed by atoms with Gasteiger partial charge in [-0.15, -0.1) is 0 Å². The second-order valence-electron chi connectivity index (χ2n) is 5.53. The highest BCUT2D eigenvalue weighted by molar-refractivity contribution is 14.1. The molecule has 110 valence electrons. The average molecular weight is 390 g/mol. The van der Waals surface area contributed by atoms with Crippen LogP contribution in [0.1, 0.15) is 32.4 Å². The van der Waals surface area contributed by atoms with Crippen molar-refractivity contribution >= 4 is 35.0 Å². The van der Waals surface area contributed by atoms with Crippen LogP contribution in [0.2, 0.25) is 0 Å². The molecule has 2 atom stereocenters. The summed E-state index contributed by atoms with van der Waals surface area (Å²) in [7, 11) is 0. The zero-order chi connectivity index (χ0) is 15.5. The highest BCUT2D eigenvalue weighted by Gasteiger charge is 2.36. The standard InChI is InChI=1S/C14H19IN2O3/c1-14(2,3)17(13(19)20)11(8-18)12(16)9-4-6-10(15)7-5-9/h4-8,11-12H,16H2,1-3H3,(H,19,20). The van der Waals surface area contributed by atoms with Gasteiger partial charge in [-0.3, -0.25) is 4.90 Å². The van der Waals surface area contributed by atoms with Crippen LogP contribution >= 0.6 is 22.6 Å². The molecule has 0 aliphatic heterocycles. The number of carbonyl (C=O) groups excluding carboxylic acids is 1. The fraction of sp³-hybridized carbons (Fsp3) is 0.429. The molecule has 0 spiro atoms. The molecule has 5 nitrogen and oxygen atoms in total. The lowest BCUT2D eigenvalue weighted by Gasteiger charge is -2.39. The smallest absolute Gasteiger partial charge is 0.408 e. The summed E-state index contributed by atoms with van der Waals surface area (Å²) in [5.74, 6) is 0. The number of carboxylic acid groups (broad SMARTS) is 1. The maximum Gasteiger partial charge on any atom is 0.408 e. The van der Waals surface area contributed by atoms with E-state index in [-0.39, 0.29) is 0 Å². The molecule has 1 aromatic rings. The van der Waals surface area contributed by atoms with Crippen LogP contribution < -0.4 is 5.73 Å². The highest BCUT2D eigenvalue weighted by Crippen LogP contribution is 2.25. The van der Waals surface area contributed by atoms with E-state index in [1.165, 1.54) is 0 Å². The molecule has 1 amide bonds. The maximum absolute atomic E-state index is 11.4. The summed E-state index contributed by atoms with van der Waals surface area (Å²) in [6, 6.07) is 5.75. The lowest BCUT2D eigenvalue weighted by Crippen LogP contribution is -2.55. The minimum Gasteiger partial charge on any atom is -0.465 e. The van der Waals surface area contributed by atoms with Gasteiger partial charge in [0.25, 0.3) is 0 Å². The van der Waals surface area contributed by atoms with E-state index in [9.17, 15) is 14.7 Å². The first-order valence-electron chi connectivity index (χ1n) is 6.17. The number of nitrogens with zero attached hydrogens (tertiary/aromatic N) is 1. The Morgan fingerprint density at radius 1 is 1.35 bits per heavy atom. The summed E-state index contributed by atoms with van der Waals surface area (Å²) < 4.78 is 1.05. The van der Waals surface area contributed by atoms with Gasteiger partial charge in [0.1, 0.15) is 12.3 Å². The molecule has 0 aliphatic rings. The summed E-state index contributed by atoms with van der Waals surface area (Å²) in [5.41, 5.74) is 6.12. The van der Waals surface area contributed by atoms with Crippen molar-refractivity contribution in [3.05, 3.63) is 33.4 Å². The normalized spacial score (nSPS) is 14.4. The van der Waals surface area contributed by atoms with Gasteiger partial charge in [0.15, 0.2) is 0 Å². The number of aldehydes is 1. The van der Waals surface area contributed by atoms with Gasteiger partial charge in [-0.1, -0.05) is 12.1 Å². The van der Waals surface area contributed by atoms with Crippen LogP contribution in [-0.2, 0) is 4.79 Å². The Morgan fingerprint density at radius 3 is 2.20 bits per heavy atom. The topological polar surface area (TPSA) is 83.6 Å². The van der Waals surface area contributed by atoms with Crippen LogP contribution in [0.25, 0.3) is 0 Å². The van der Waals surface area contributed by atoms with E-state index in [2.05, 4.69) is 22.6 Å². The van der Waals surface area contributed by atoms with Gasteiger partial charge in [0.2, 0.25) is 0 Å². The molecule has 0 aromatic heterocycles. The molecule has 0 heterocycles. The predicted molar refractivity (Wildman–Crippen MR) is 85.6 cm³/mol. The van der Waals surface area contributed by atoms with Crippen LogP contribution in [0.3, 0.4) is 0 Å². The fourth-order valence-corrected chi connectivity index (χ4v) is 2.41. The summed E-state index contributed by atoms with van der Waals surface area (Å²) >= 11 is 2.17. The zero-order valence-corrected chi connectivity index (χ0v) is 13.9. The lowest BCUT2D eigenvalue weighted by molar-refractivity contribution is -0.114. The number of hydrogen-bond donors (Lipinski definition) is 2. The van der Waals surface area contributed by atoms with E-state index >= 15 is 0 Å². The number of nitrogens with two attached hydrogens (primary N) is 1. The summed E-state index contributed by atoms with van der Waals surface area (Å²) in [6.45, 7) is 5.20. The molecule has 1 aromatic carbocycles. The quantitative estimate of drug-likeness (QED) is 0.612. The van der Waals surface area contributed by atoms with Crippen molar-refractivity contribution in [2.24, 2.45) is 5.73 Å². The van der Waals surface area contributed by atoms with Crippen molar-refractivity contribution < 1.29 is 14.7 Å². The Morgan fingerprint density at radius 2 is 1.85 bits per heavy atom. The van der Waals surface area contributed by atoms with Crippen LogP contribution in [0, 0.1) is 3.57 Å². The van der Waals surface area contributed by atoms with Crippen LogP contribution in [0.4, 0.5) is 4.79 Å². The van der Waals surface area contributed by atoms with Gasteiger partial charge >= 0.3 is 6.09 Å². The Labute approximate surface area is 132 Å². The van der Waals surface area contributed by atoms with Crippen LogP contribution in [0.5, 0.6) is 0 Å². The molecule has 2 unspecified atom stereocenters. The monoisotopic (exact) mass is 390 g/mol.